The summed E-state index contributed by atoms with van der Waals surface area (Å²) in [6, 6.07) is 12.0. The zero-order valence-electron chi connectivity index (χ0n) is 10.4. The molecule has 0 aliphatic rings. The number of nitrogens with one attached hydrogen (secondary N) is 1. The SMILES string of the molecule is Nc1ccc(F)cc1Nc1cccc2cc(Br)cnc12. The van der Waals surface area contributed by atoms with Crippen LogP contribution in [-0.4, -0.2) is 4.98 Å². The number of anilines is 3. The number of fused-ring (bicyclic) bond motifs is 1. The van der Waals surface area contributed by atoms with Gasteiger partial charge >= 0.3 is 0 Å². The molecule has 0 aliphatic heterocycles. The van der Waals surface area contributed by atoms with Crippen LogP contribution in [0.4, 0.5) is 21.5 Å². The first kappa shape index (κ1) is 12.9. The highest BCUT2D eigenvalue weighted by molar-refractivity contribution is 9.10. The Morgan fingerprint density at radius 2 is 1.95 bits per heavy atom. The quantitative estimate of drug-likeness (QED) is 0.681. The summed E-state index contributed by atoms with van der Waals surface area (Å²) in [4.78, 5) is 4.39. The van der Waals surface area contributed by atoms with Gasteiger partial charge in [0.15, 0.2) is 0 Å². The number of rotatable bonds is 2. The summed E-state index contributed by atoms with van der Waals surface area (Å²) in [5.41, 5.74) is 8.45. The van der Waals surface area contributed by atoms with Crippen molar-refractivity contribution < 1.29 is 4.39 Å². The number of hydrogen-bond acceptors (Lipinski definition) is 3. The van der Waals surface area contributed by atoms with E-state index in [1.807, 2.05) is 24.3 Å². The molecule has 20 heavy (non-hydrogen) atoms. The summed E-state index contributed by atoms with van der Waals surface area (Å²) >= 11 is 3.39. The summed E-state index contributed by atoms with van der Waals surface area (Å²) in [6.45, 7) is 0. The van der Waals surface area contributed by atoms with Crippen LogP contribution < -0.4 is 11.1 Å². The van der Waals surface area contributed by atoms with Gasteiger partial charge in [0.25, 0.3) is 0 Å². The smallest absolute Gasteiger partial charge is 0.125 e. The number of aromatic nitrogens is 1. The molecule has 1 heterocycles. The fourth-order valence-corrected chi connectivity index (χ4v) is 2.37. The van der Waals surface area contributed by atoms with Crippen molar-refractivity contribution in [2.24, 2.45) is 0 Å². The van der Waals surface area contributed by atoms with Gasteiger partial charge in [0.1, 0.15) is 5.82 Å². The summed E-state index contributed by atoms with van der Waals surface area (Å²) in [5, 5.41) is 4.12. The van der Waals surface area contributed by atoms with E-state index < -0.39 is 0 Å². The number of pyridine rings is 1. The Bertz CT molecular complexity index is 789. The number of hydrogen-bond donors (Lipinski definition) is 2. The molecule has 0 unspecified atom stereocenters. The second kappa shape index (κ2) is 5.09. The van der Waals surface area contributed by atoms with Crippen LogP contribution in [-0.2, 0) is 0 Å². The van der Waals surface area contributed by atoms with Crippen molar-refractivity contribution in [2.75, 3.05) is 11.1 Å². The highest BCUT2D eigenvalue weighted by Gasteiger charge is 2.06. The van der Waals surface area contributed by atoms with Gasteiger partial charge in [0, 0.05) is 16.1 Å². The molecular formula is C15H11BrFN3. The lowest BCUT2D eigenvalue weighted by Crippen LogP contribution is -1.98. The molecule has 0 aliphatic carbocycles. The van der Waals surface area contributed by atoms with Crippen molar-refractivity contribution >= 4 is 43.9 Å². The predicted octanol–water partition coefficient (Wildman–Crippen LogP) is 4.46. The molecular weight excluding hydrogens is 321 g/mol. The normalized spacial score (nSPS) is 10.7. The molecule has 0 bridgehead atoms. The van der Waals surface area contributed by atoms with Crippen LogP contribution in [0.5, 0.6) is 0 Å². The van der Waals surface area contributed by atoms with E-state index in [1.165, 1.54) is 18.2 Å². The third-order valence-corrected chi connectivity index (χ3v) is 3.40. The zero-order valence-corrected chi connectivity index (χ0v) is 12.0. The van der Waals surface area contributed by atoms with Gasteiger partial charge in [0.2, 0.25) is 0 Å². The van der Waals surface area contributed by atoms with E-state index in [0.29, 0.717) is 11.4 Å². The third-order valence-electron chi connectivity index (χ3n) is 2.96. The molecule has 100 valence electrons. The van der Waals surface area contributed by atoms with E-state index in [2.05, 4.69) is 26.2 Å². The first-order valence-electron chi connectivity index (χ1n) is 6.00. The Hall–Kier alpha value is -2.14. The maximum atomic E-state index is 13.3. The average Bonchev–Trinajstić information content (AvgIpc) is 2.43. The summed E-state index contributed by atoms with van der Waals surface area (Å²) in [5.74, 6) is -0.336. The molecule has 5 heteroatoms. The van der Waals surface area contributed by atoms with E-state index in [1.54, 1.807) is 6.20 Å². The number of para-hydroxylation sites is 1. The van der Waals surface area contributed by atoms with Crippen LogP contribution >= 0.6 is 15.9 Å². The highest BCUT2D eigenvalue weighted by Crippen LogP contribution is 2.29. The van der Waals surface area contributed by atoms with Gasteiger partial charge in [-0.3, -0.25) is 4.98 Å². The van der Waals surface area contributed by atoms with E-state index in [9.17, 15) is 4.39 Å². The Morgan fingerprint density at radius 3 is 2.80 bits per heavy atom. The predicted molar refractivity (Wildman–Crippen MR) is 83.5 cm³/mol. The van der Waals surface area contributed by atoms with Gasteiger partial charge in [-0.15, -0.1) is 0 Å². The Labute approximate surface area is 123 Å². The molecule has 3 rings (SSSR count). The van der Waals surface area contributed by atoms with Gasteiger partial charge < -0.3 is 11.1 Å². The zero-order chi connectivity index (χ0) is 14.1. The standard InChI is InChI=1S/C15H11BrFN3/c16-10-6-9-2-1-3-13(15(9)19-8-10)20-14-7-11(17)4-5-12(14)18/h1-8,20H,18H2. The number of nitrogen functional groups attached to an aromatic ring is 1. The molecule has 0 fully saturated rings. The second-order valence-corrected chi connectivity index (χ2v) is 5.30. The molecule has 0 atom stereocenters. The third kappa shape index (κ3) is 2.44. The first-order chi connectivity index (χ1) is 9.63. The number of benzene rings is 2. The summed E-state index contributed by atoms with van der Waals surface area (Å²) < 4.78 is 14.2. The molecule has 0 radical (unpaired) electrons. The van der Waals surface area contributed by atoms with Crippen LogP contribution in [0, 0.1) is 5.82 Å². The minimum Gasteiger partial charge on any atom is -0.397 e. The van der Waals surface area contributed by atoms with E-state index in [4.69, 9.17) is 5.73 Å². The monoisotopic (exact) mass is 331 g/mol. The first-order valence-corrected chi connectivity index (χ1v) is 6.79. The minimum absolute atomic E-state index is 0.336. The fourth-order valence-electron chi connectivity index (χ4n) is 2.02. The van der Waals surface area contributed by atoms with Crippen LogP contribution in [0.1, 0.15) is 0 Å². The van der Waals surface area contributed by atoms with E-state index in [-0.39, 0.29) is 5.82 Å². The molecule has 0 saturated heterocycles. The summed E-state index contributed by atoms with van der Waals surface area (Å²) in [7, 11) is 0. The highest BCUT2D eigenvalue weighted by atomic mass is 79.9. The van der Waals surface area contributed by atoms with E-state index >= 15 is 0 Å². The number of nitrogens with two attached hydrogens (primary N) is 1. The van der Waals surface area contributed by atoms with Crippen molar-refractivity contribution in [3.05, 3.63) is 59.0 Å². The van der Waals surface area contributed by atoms with Crippen molar-refractivity contribution in [2.45, 2.75) is 0 Å². The largest absolute Gasteiger partial charge is 0.397 e. The van der Waals surface area contributed by atoms with Crippen LogP contribution in [0.3, 0.4) is 0 Å². The van der Waals surface area contributed by atoms with E-state index in [0.717, 1.165) is 21.1 Å². The number of nitrogens with zero attached hydrogens (tertiary/aromatic N) is 1. The van der Waals surface area contributed by atoms with Gasteiger partial charge in [-0.25, -0.2) is 4.39 Å². The van der Waals surface area contributed by atoms with Crippen LogP contribution in [0.25, 0.3) is 10.9 Å². The van der Waals surface area contributed by atoms with Crippen molar-refractivity contribution in [3.63, 3.8) is 0 Å². The maximum Gasteiger partial charge on any atom is 0.125 e. The molecule has 0 amide bonds. The number of halogens is 2. The molecule has 2 aromatic carbocycles. The molecule has 3 aromatic rings. The van der Waals surface area contributed by atoms with Gasteiger partial charge in [0.05, 0.1) is 22.6 Å². The maximum absolute atomic E-state index is 13.3. The van der Waals surface area contributed by atoms with Crippen LogP contribution in [0.15, 0.2) is 53.1 Å². The van der Waals surface area contributed by atoms with Crippen molar-refractivity contribution in [1.29, 1.82) is 0 Å². The minimum atomic E-state index is -0.336. The average molecular weight is 332 g/mol. The second-order valence-electron chi connectivity index (χ2n) is 4.39. The topological polar surface area (TPSA) is 50.9 Å². The lowest BCUT2D eigenvalue weighted by atomic mass is 10.2. The van der Waals surface area contributed by atoms with Gasteiger partial charge in [-0.1, -0.05) is 12.1 Å². The Morgan fingerprint density at radius 1 is 1.10 bits per heavy atom. The summed E-state index contributed by atoms with van der Waals surface area (Å²) in [6.07, 6.45) is 1.72. The molecule has 1 aromatic heterocycles. The van der Waals surface area contributed by atoms with Gasteiger partial charge in [-0.05, 0) is 46.3 Å². The lowest BCUT2D eigenvalue weighted by molar-refractivity contribution is 0.628. The molecule has 3 nitrogen and oxygen atoms in total. The lowest BCUT2D eigenvalue weighted by Gasteiger charge is -2.11. The van der Waals surface area contributed by atoms with Crippen LogP contribution in [0.2, 0.25) is 0 Å². The molecule has 0 spiro atoms. The Kier molecular flexibility index (Phi) is 3.28. The van der Waals surface area contributed by atoms with Crippen molar-refractivity contribution in [3.8, 4) is 0 Å². The van der Waals surface area contributed by atoms with Crippen molar-refractivity contribution in [1.82, 2.24) is 4.98 Å². The Balaban J connectivity index is 2.09. The molecule has 0 saturated carbocycles. The molecule has 3 N–H and O–H groups in total. The fraction of sp³-hybridized carbons (Fsp3) is 0. The van der Waals surface area contributed by atoms with Gasteiger partial charge in [-0.2, -0.15) is 0 Å².